The Balaban J connectivity index is 0.00000364. The number of sulfone groups is 1. The van der Waals surface area contributed by atoms with Gasteiger partial charge in [0.25, 0.3) is 0 Å². The zero-order valence-electron chi connectivity index (χ0n) is 16.5. The predicted molar refractivity (Wildman–Crippen MR) is 126 cm³/mol. The summed E-state index contributed by atoms with van der Waals surface area (Å²) >= 11 is 1.82. The van der Waals surface area contributed by atoms with Crippen molar-refractivity contribution in [3.63, 3.8) is 0 Å². The van der Waals surface area contributed by atoms with Crippen LogP contribution in [0.3, 0.4) is 0 Å². The zero-order valence-corrected chi connectivity index (χ0v) is 20.4. The zero-order chi connectivity index (χ0) is 19.0. The van der Waals surface area contributed by atoms with Gasteiger partial charge in [0, 0.05) is 43.9 Å². The number of thiophene rings is 1. The molecule has 0 aliphatic carbocycles. The van der Waals surface area contributed by atoms with E-state index in [4.69, 9.17) is 0 Å². The normalized spacial score (nSPS) is 20.0. The third-order valence-electron chi connectivity index (χ3n) is 4.65. The first-order valence-corrected chi connectivity index (χ1v) is 12.2. The van der Waals surface area contributed by atoms with Gasteiger partial charge in [-0.3, -0.25) is 9.89 Å². The number of rotatable bonds is 8. The first-order valence-electron chi connectivity index (χ1n) is 9.25. The quantitative estimate of drug-likeness (QED) is 0.308. The molecule has 9 heteroatoms. The molecule has 1 saturated heterocycles. The maximum atomic E-state index is 11.3. The average molecular weight is 529 g/mol. The molecule has 2 atom stereocenters. The number of piperidine rings is 1. The van der Waals surface area contributed by atoms with Crippen LogP contribution in [0.25, 0.3) is 0 Å². The molecule has 0 radical (unpaired) electrons. The van der Waals surface area contributed by atoms with E-state index in [9.17, 15) is 8.42 Å². The highest BCUT2D eigenvalue weighted by Gasteiger charge is 2.20. The largest absolute Gasteiger partial charge is 0.356 e. The summed E-state index contributed by atoms with van der Waals surface area (Å²) in [4.78, 5) is 8.23. The molecule has 2 N–H and O–H groups in total. The van der Waals surface area contributed by atoms with Gasteiger partial charge in [-0.2, -0.15) is 0 Å². The van der Waals surface area contributed by atoms with Crippen LogP contribution < -0.4 is 10.6 Å². The second-order valence-corrected chi connectivity index (χ2v) is 10.5. The third kappa shape index (κ3) is 10.1. The van der Waals surface area contributed by atoms with Gasteiger partial charge in [-0.05, 0) is 50.1 Å². The van der Waals surface area contributed by atoms with E-state index in [1.54, 1.807) is 7.05 Å². The number of hydrogen-bond donors (Lipinski definition) is 2. The SMILES string of the molecule is CN=C(NCC1CCCN(Cc2cccs2)C1)NC(C)CCS(C)(=O)=O.I. The molecule has 2 rings (SSSR count). The van der Waals surface area contributed by atoms with Crippen LogP contribution in [-0.4, -0.2) is 64.0 Å². The molecule has 2 unspecified atom stereocenters. The van der Waals surface area contributed by atoms with E-state index >= 15 is 0 Å². The number of likely N-dealkylation sites (tertiary alicyclic amines) is 1. The summed E-state index contributed by atoms with van der Waals surface area (Å²) < 4.78 is 22.6. The molecule has 156 valence electrons. The van der Waals surface area contributed by atoms with Crippen molar-refractivity contribution in [2.75, 3.05) is 38.7 Å². The molecule has 0 saturated carbocycles. The van der Waals surface area contributed by atoms with E-state index < -0.39 is 9.84 Å². The maximum Gasteiger partial charge on any atom is 0.191 e. The van der Waals surface area contributed by atoms with Crippen molar-refractivity contribution < 1.29 is 8.42 Å². The summed E-state index contributed by atoms with van der Waals surface area (Å²) in [7, 11) is -1.17. The highest BCUT2D eigenvalue weighted by atomic mass is 127. The number of halogens is 1. The monoisotopic (exact) mass is 528 g/mol. The molecule has 6 nitrogen and oxygen atoms in total. The Bertz CT molecular complexity index is 665. The number of nitrogens with zero attached hydrogens (tertiary/aromatic N) is 2. The molecule has 2 heterocycles. The number of aliphatic imine (C=N–C) groups is 1. The Hall–Kier alpha value is -0.390. The van der Waals surface area contributed by atoms with Crippen molar-refractivity contribution in [1.29, 1.82) is 0 Å². The molecule has 1 aliphatic heterocycles. The minimum Gasteiger partial charge on any atom is -0.356 e. The summed E-state index contributed by atoms with van der Waals surface area (Å²) in [5, 5.41) is 8.84. The predicted octanol–water partition coefficient (Wildman–Crippen LogP) is 2.57. The van der Waals surface area contributed by atoms with Crippen LogP contribution in [0.5, 0.6) is 0 Å². The second kappa shape index (κ2) is 12.2. The lowest BCUT2D eigenvalue weighted by molar-refractivity contribution is 0.169. The van der Waals surface area contributed by atoms with Crippen LogP contribution >= 0.6 is 35.3 Å². The first kappa shape index (κ1) is 24.6. The Morgan fingerprint density at radius 3 is 2.89 bits per heavy atom. The summed E-state index contributed by atoms with van der Waals surface area (Å²) in [6, 6.07) is 4.39. The molecule has 0 aromatic carbocycles. The molecule has 1 aliphatic rings. The smallest absolute Gasteiger partial charge is 0.191 e. The van der Waals surface area contributed by atoms with E-state index in [-0.39, 0.29) is 35.8 Å². The Morgan fingerprint density at radius 1 is 1.48 bits per heavy atom. The maximum absolute atomic E-state index is 11.3. The molecular weight excluding hydrogens is 495 g/mol. The van der Waals surface area contributed by atoms with Gasteiger partial charge in [0.2, 0.25) is 0 Å². The van der Waals surface area contributed by atoms with E-state index in [1.807, 2.05) is 18.3 Å². The van der Waals surface area contributed by atoms with E-state index in [1.165, 1.54) is 30.5 Å². The highest BCUT2D eigenvalue weighted by Crippen LogP contribution is 2.19. The minimum absolute atomic E-state index is 0. The van der Waals surface area contributed by atoms with Crippen LogP contribution in [0.1, 0.15) is 31.1 Å². The fourth-order valence-corrected chi connectivity index (χ4v) is 4.74. The van der Waals surface area contributed by atoms with Gasteiger partial charge in [0.15, 0.2) is 5.96 Å². The van der Waals surface area contributed by atoms with E-state index in [2.05, 4.69) is 38.0 Å². The number of hydrogen-bond acceptors (Lipinski definition) is 5. The van der Waals surface area contributed by atoms with Crippen molar-refractivity contribution in [2.45, 2.75) is 38.8 Å². The lowest BCUT2D eigenvalue weighted by Crippen LogP contribution is -2.46. The third-order valence-corrected chi connectivity index (χ3v) is 6.49. The van der Waals surface area contributed by atoms with Crippen LogP contribution in [-0.2, 0) is 16.4 Å². The molecular formula is C18H33IN4O2S2. The van der Waals surface area contributed by atoms with Crippen LogP contribution in [0.15, 0.2) is 22.5 Å². The highest BCUT2D eigenvalue weighted by molar-refractivity contribution is 14.0. The Morgan fingerprint density at radius 2 is 2.26 bits per heavy atom. The Labute approximate surface area is 185 Å². The van der Waals surface area contributed by atoms with Crippen molar-refractivity contribution in [3.05, 3.63) is 22.4 Å². The van der Waals surface area contributed by atoms with Gasteiger partial charge in [-0.15, -0.1) is 35.3 Å². The van der Waals surface area contributed by atoms with Crippen molar-refractivity contribution in [1.82, 2.24) is 15.5 Å². The fourth-order valence-electron chi connectivity index (χ4n) is 3.22. The van der Waals surface area contributed by atoms with Gasteiger partial charge in [-0.25, -0.2) is 8.42 Å². The summed E-state index contributed by atoms with van der Waals surface area (Å²) in [5.74, 6) is 1.55. The average Bonchev–Trinajstić information content (AvgIpc) is 3.09. The number of nitrogens with one attached hydrogen (secondary N) is 2. The molecule has 1 aromatic heterocycles. The van der Waals surface area contributed by atoms with Gasteiger partial charge < -0.3 is 10.6 Å². The van der Waals surface area contributed by atoms with Gasteiger partial charge in [-0.1, -0.05) is 6.07 Å². The first-order chi connectivity index (χ1) is 12.4. The van der Waals surface area contributed by atoms with Crippen molar-refractivity contribution >= 4 is 51.1 Å². The standard InChI is InChI=1S/C18H32N4O2S2.HI/c1-15(8-11-26(3,23)24)21-18(19-2)20-12-16-6-4-9-22(13-16)14-17-7-5-10-25-17;/h5,7,10,15-16H,4,6,8-9,11-14H2,1-3H3,(H2,19,20,21);1H. The lowest BCUT2D eigenvalue weighted by atomic mass is 9.98. The second-order valence-electron chi connectivity index (χ2n) is 7.24. The van der Waals surface area contributed by atoms with Crippen LogP contribution in [0.4, 0.5) is 0 Å². The van der Waals surface area contributed by atoms with Crippen molar-refractivity contribution in [2.24, 2.45) is 10.9 Å². The number of guanidine groups is 1. The summed E-state index contributed by atoms with van der Waals surface area (Å²) in [6.07, 6.45) is 4.32. The molecule has 0 spiro atoms. The van der Waals surface area contributed by atoms with E-state index in [0.29, 0.717) is 12.3 Å². The van der Waals surface area contributed by atoms with Crippen LogP contribution in [0.2, 0.25) is 0 Å². The van der Waals surface area contributed by atoms with Crippen molar-refractivity contribution in [3.8, 4) is 0 Å². The van der Waals surface area contributed by atoms with Gasteiger partial charge in [0.05, 0.1) is 5.75 Å². The lowest BCUT2D eigenvalue weighted by Gasteiger charge is -2.33. The minimum atomic E-state index is -2.92. The van der Waals surface area contributed by atoms with Gasteiger partial charge in [0.1, 0.15) is 9.84 Å². The summed E-state index contributed by atoms with van der Waals surface area (Å²) in [6.45, 7) is 6.19. The molecule has 27 heavy (non-hydrogen) atoms. The molecule has 0 bridgehead atoms. The molecule has 1 fully saturated rings. The van der Waals surface area contributed by atoms with Gasteiger partial charge >= 0.3 is 0 Å². The fraction of sp³-hybridized carbons (Fsp3) is 0.722. The van der Waals surface area contributed by atoms with Crippen LogP contribution in [0, 0.1) is 5.92 Å². The van der Waals surface area contributed by atoms with E-state index in [0.717, 1.165) is 25.6 Å². The molecule has 0 amide bonds. The summed E-state index contributed by atoms with van der Waals surface area (Å²) in [5.41, 5.74) is 0. The topological polar surface area (TPSA) is 73.8 Å². The Kier molecular flexibility index (Phi) is 11.2. The molecule has 1 aromatic rings.